The van der Waals surface area contributed by atoms with Crippen molar-refractivity contribution >= 4 is 21.3 Å². The maximum Gasteiger partial charge on any atom is 0.272 e. The molecule has 0 spiro atoms. The Kier molecular flexibility index (Phi) is 5.38. The van der Waals surface area contributed by atoms with E-state index in [0.29, 0.717) is 12.1 Å². The molecule has 0 bridgehead atoms. The molecule has 0 aromatic carbocycles. The summed E-state index contributed by atoms with van der Waals surface area (Å²) in [6, 6.07) is 5.13. The Morgan fingerprint density at radius 3 is 2.61 bits per heavy atom. The first-order valence-electron chi connectivity index (χ1n) is 7.56. The smallest absolute Gasteiger partial charge is 0.272 e. The quantitative estimate of drug-likeness (QED) is 0.808. The second-order valence-corrected chi connectivity index (χ2v) is 7.16. The number of fused-ring (bicyclic) bond motifs is 1. The zero-order valence-corrected chi connectivity index (χ0v) is 14.4. The molecule has 0 unspecified atom stereocenters. The summed E-state index contributed by atoms with van der Waals surface area (Å²) >= 11 is 0. The van der Waals surface area contributed by atoms with Gasteiger partial charge in [-0.05, 0) is 25.2 Å². The molecule has 2 rings (SSSR count). The van der Waals surface area contributed by atoms with Gasteiger partial charge in [0.25, 0.3) is 5.91 Å². The number of nitrogens with zero attached hydrogens (tertiary/aromatic N) is 3. The van der Waals surface area contributed by atoms with Crippen LogP contribution in [-0.2, 0) is 9.84 Å². The van der Waals surface area contributed by atoms with E-state index < -0.39 is 9.84 Å². The molecule has 7 nitrogen and oxygen atoms in total. The summed E-state index contributed by atoms with van der Waals surface area (Å²) in [6.07, 6.45) is 2.67. The lowest BCUT2D eigenvalue weighted by Crippen LogP contribution is -2.35. The van der Waals surface area contributed by atoms with Crippen LogP contribution in [0.4, 0.5) is 0 Å². The number of hydrogen-bond acceptors (Lipinski definition) is 5. The minimum absolute atomic E-state index is 0.123. The minimum Gasteiger partial charge on any atom is -0.349 e. The third kappa shape index (κ3) is 3.89. The van der Waals surface area contributed by atoms with Crippen LogP contribution in [0.2, 0.25) is 0 Å². The number of rotatable bonds is 7. The minimum atomic E-state index is -3.52. The van der Waals surface area contributed by atoms with Crippen molar-refractivity contribution in [3.05, 3.63) is 30.1 Å². The maximum atomic E-state index is 12.4. The highest BCUT2D eigenvalue weighted by molar-refractivity contribution is 7.90. The van der Waals surface area contributed by atoms with Crippen LogP contribution in [0.5, 0.6) is 0 Å². The molecule has 0 atom stereocenters. The predicted molar refractivity (Wildman–Crippen MR) is 88.4 cm³/mol. The molecule has 0 saturated heterocycles. The largest absolute Gasteiger partial charge is 0.349 e. The van der Waals surface area contributed by atoms with E-state index in [1.54, 1.807) is 24.4 Å². The molecule has 126 valence electrons. The first-order chi connectivity index (χ1) is 10.9. The topological polar surface area (TPSA) is 83.8 Å². The maximum absolute atomic E-state index is 12.4. The summed E-state index contributed by atoms with van der Waals surface area (Å²) in [5, 5.41) is 2.68. The van der Waals surface area contributed by atoms with Gasteiger partial charge in [-0.25, -0.2) is 13.4 Å². The lowest BCUT2D eigenvalue weighted by atomic mass is 10.3. The number of hydrogen-bond donors (Lipinski definition) is 1. The monoisotopic (exact) mass is 338 g/mol. The summed E-state index contributed by atoms with van der Waals surface area (Å²) in [5.74, 6) is -0.365. The summed E-state index contributed by atoms with van der Waals surface area (Å²) < 4.78 is 25.1. The Balaban J connectivity index is 2.24. The second kappa shape index (κ2) is 7.10. The number of carbonyl (C=O) groups excluding carboxylic acids is 1. The van der Waals surface area contributed by atoms with Crippen molar-refractivity contribution in [3.63, 3.8) is 0 Å². The van der Waals surface area contributed by atoms with Crippen LogP contribution in [0.1, 0.15) is 24.3 Å². The fourth-order valence-corrected chi connectivity index (χ4v) is 3.16. The van der Waals surface area contributed by atoms with E-state index >= 15 is 0 Å². The highest BCUT2D eigenvalue weighted by Crippen LogP contribution is 2.16. The molecule has 2 heterocycles. The van der Waals surface area contributed by atoms with E-state index in [4.69, 9.17) is 0 Å². The van der Waals surface area contributed by atoms with Gasteiger partial charge in [0, 0.05) is 25.5 Å². The summed E-state index contributed by atoms with van der Waals surface area (Å²) in [4.78, 5) is 18.6. The standard InChI is InChI=1S/C15H22N4O3S/c1-4-18(5-2)11-9-16-14(20)13-12-8-6-7-10-19(12)15(17-13)23(3,21)22/h6-8,10H,4-5,9,11H2,1-3H3,(H,16,20). The Labute approximate surface area is 136 Å². The summed E-state index contributed by atoms with van der Waals surface area (Å²) in [7, 11) is -3.52. The lowest BCUT2D eigenvalue weighted by molar-refractivity contribution is 0.0945. The Morgan fingerprint density at radius 1 is 1.30 bits per heavy atom. The van der Waals surface area contributed by atoms with Gasteiger partial charge in [-0.3, -0.25) is 9.20 Å². The second-order valence-electron chi connectivity index (χ2n) is 5.25. The molecule has 0 aliphatic heterocycles. The Bertz CT molecular complexity index is 794. The molecule has 0 fully saturated rings. The van der Waals surface area contributed by atoms with Gasteiger partial charge in [0.05, 0.1) is 5.52 Å². The zero-order valence-electron chi connectivity index (χ0n) is 13.6. The van der Waals surface area contributed by atoms with Gasteiger partial charge in [0.2, 0.25) is 15.0 Å². The first-order valence-corrected chi connectivity index (χ1v) is 9.45. The Hall–Kier alpha value is -1.93. The zero-order chi connectivity index (χ0) is 17.0. The van der Waals surface area contributed by atoms with E-state index in [9.17, 15) is 13.2 Å². The Morgan fingerprint density at radius 2 is 2.00 bits per heavy atom. The van der Waals surface area contributed by atoms with E-state index in [0.717, 1.165) is 25.9 Å². The molecule has 0 radical (unpaired) electrons. The van der Waals surface area contributed by atoms with Gasteiger partial charge in [-0.2, -0.15) is 0 Å². The van der Waals surface area contributed by atoms with Gasteiger partial charge < -0.3 is 10.2 Å². The molecule has 0 aliphatic carbocycles. The average Bonchev–Trinajstić information content (AvgIpc) is 2.91. The van der Waals surface area contributed by atoms with Gasteiger partial charge >= 0.3 is 0 Å². The number of aromatic nitrogens is 2. The number of nitrogens with one attached hydrogen (secondary N) is 1. The van der Waals surface area contributed by atoms with Crippen molar-refractivity contribution < 1.29 is 13.2 Å². The number of pyridine rings is 1. The van der Waals surface area contributed by atoms with Crippen molar-refractivity contribution in [1.29, 1.82) is 0 Å². The average molecular weight is 338 g/mol. The lowest BCUT2D eigenvalue weighted by Gasteiger charge is -2.17. The van der Waals surface area contributed by atoms with Gasteiger partial charge in [-0.15, -0.1) is 0 Å². The van der Waals surface area contributed by atoms with Gasteiger partial charge in [0.15, 0.2) is 5.69 Å². The van der Waals surface area contributed by atoms with Crippen molar-refractivity contribution in [1.82, 2.24) is 19.6 Å². The van der Waals surface area contributed by atoms with Crippen LogP contribution in [0, 0.1) is 0 Å². The normalized spacial score (nSPS) is 12.0. The van der Waals surface area contributed by atoms with Crippen LogP contribution in [-0.4, -0.2) is 61.0 Å². The molecule has 1 amide bonds. The third-order valence-electron chi connectivity index (χ3n) is 3.67. The molecule has 23 heavy (non-hydrogen) atoms. The van der Waals surface area contributed by atoms with Crippen molar-refractivity contribution in [2.24, 2.45) is 0 Å². The molecule has 2 aromatic heterocycles. The molecule has 8 heteroatoms. The third-order valence-corrected chi connectivity index (χ3v) is 4.62. The first kappa shape index (κ1) is 17.4. The molecular formula is C15H22N4O3S. The fraction of sp³-hybridized carbons (Fsp3) is 0.467. The summed E-state index contributed by atoms with van der Waals surface area (Å²) in [6.45, 7) is 7.18. The number of sulfone groups is 1. The molecule has 0 saturated carbocycles. The van der Waals surface area contributed by atoms with E-state index in [2.05, 4.69) is 29.0 Å². The molecular weight excluding hydrogens is 316 g/mol. The van der Waals surface area contributed by atoms with Gasteiger partial charge in [-0.1, -0.05) is 19.9 Å². The predicted octanol–water partition coefficient (Wildman–Crippen LogP) is 0.809. The van der Waals surface area contributed by atoms with E-state index in [1.165, 1.54) is 4.40 Å². The number of amides is 1. The molecule has 0 aliphatic rings. The van der Waals surface area contributed by atoms with Crippen LogP contribution < -0.4 is 5.32 Å². The highest BCUT2D eigenvalue weighted by Gasteiger charge is 2.22. The number of carbonyl (C=O) groups is 1. The van der Waals surface area contributed by atoms with Crippen LogP contribution in [0.3, 0.4) is 0 Å². The van der Waals surface area contributed by atoms with Crippen molar-refractivity contribution in [2.45, 2.75) is 19.0 Å². The van der Waals surface area contributed by atoms with Gasteiger partial charge in [0.1, 0.15) is 0 Å². The van der Waals surface area contributed by atoms with Crippen LogP contribution >= 0.6 is 0 Å². The molecule has 2 aromatic rings. The van der Waals surface area contributed by atoms with Crippen LogP contribution in [0.15, 0.2) is 29.6 Å². The highest BCUT2D eigenvalue weighted by atomic mass is 32.2. The van der Waals surface area contributed by atoms with Crippen LogP contribution in [0.25, 0.3) is 5.52 Å². The van der Waals surface area contributed by atoms with Crippen molar-refractivity contribution in [2.75, 3.05) is 32.4 Å². The van der Waals surface area contributed by atoms with E-state index in [-0.39, 0.29) is 16.8 Å². The number of imidazole rings is 1. The van der Waals surface area contributed by atoms with Crippen molar-refractivity contribution in [3.8, 4) is 0 Å². The van der Waals surface area contributed by atoms with E-state index in [1.807, 2.05) is 0 Å². The number of likely N-dealkylation sites (N-methyl/N-ethyl adjacent to an activating group) is 1. The SMILES string of the molecule is CCN(CC)CCNC(=O)c1nc(S(C)(=O)=O)n2ccccc12. The fourth-order valence-electron chi connectivity index (χ4n) is 2.39. The molecule has 1 N–H and O–H groups in total. The summed E-state index contributed by atoms with van der Waals surface area (Å²) in [5.41, 5.74) is 0.610.